The number of ether oxygens (including phenoxy) is 1. The quantitative estimate of drug-likeness (QED) is 0.584. The van der Waals surface area contributed by atoms with Crippen molar-refractivity contribution in [1.82, 2.24) is 0 Å². The van der Waals surface area contributed by atoms with Crippen molar-refractivity contribution in [2.45, 2.75) is 19.1 Å². The van der Waals surface area contributed by atoms with Gasteiger partial charge in [0.05, 0.1) is 0 Å². The highest BCUT2D eigenvalue weighted by Crippen LogP contribution is 2.33. The van der Waals surface area contributed by atoms with Crippen molar-refractivity contribution in [3.05, 3.63) is 95.3 Å². The largest absolute Gasteiger partial charge is 0.472 e. The number of benzene rings is 3. The normalized spacial score (nSPS) is 18.9. The fraction of sp³-hybridized carbons (Fsp3) is 0.136. The maximum absolute atomic E-state index is 14.0. The minimum atomic E-state index is -0.712. The average Bonchev–Trinajstić information content (AvgIpc) is 3.03. The Kier molecular flexibility index (Phi) is 4.44. The first-order chi connectivity index (χ1) is 13.0. The van der Waals surface area contributed by atoms with Gasteiger partial charge in [0.2, 0.25) is 5.90 Å². The minimum absolute atomic E-state index is 0.0405. The van der Waals surface area contributed by atoms with Gasteiger partial charge in [-0.1, -0.05) is 48.5 Å². The second-order valence-electron chi connectivity index (χ2n) is 6.40. The summed E-state index contributed by atoms with van der Waals surface area (Å²) in [5.74, 6) is -1.76. The van der Waals surface area contributed by atoms with Crippen LogP contribution in [0.1, 0.15) is 24.1 Å². The van der Waals surface area contributed by atoms with Gasteiger partial charge in [-0.05, 0) is 36.2 Å². The van der Waals surface area contributed by atoms with E-state index in [4.69, 9.17) is 4.74 Å². The Labute approximate surface area is 155 Å². The van der Waals surface area contributed by atoms with Gasteiger partial charge in [-0.25, -0.2) is 18.2 Å². The van der Waals surface area contributed by atoms with E-state index >= 15 is 0 Å². The predicted octanol–water partition coefficient (Wildman–Crippen LogP) is 5.68. The van der Waals surface area contributed by atoms with Crippen molar-refractivity contribution in [3.63, 3.8) is 0 Å². The highest BCUT2D eigenvalue weighted by atomic mass is 19.1. The van der Waals surface area contributed by atoms with Crippen LogP contribution in [-0.4, -0.2) is 12.0 Å². The molecule has 3 aromatic rings. The Morgan fingerprint density at radius 1 is 0.778 bits per heavy atom. The fourth-order valence-corrected chi connectivity index (χ4v) is 3.23. The highest BCUT2D eigenvalue weighted by Gasteiger charge is 2.32. The topological polar surface area (TPSA) is 21.6 Å². The molecule has 0 spiro atoms. The molecule has 0 saturated carbocycles. The van der Waals surface area contributed by atoms with Crippen LogP contribution in [0.25, 0.3) is 11.1 Å². The lowest BCUT2D eigenvalue weighted by Gasteiger charge is -2.14. The van der Waals surface area contributed by atoms with E-state index in [-0.39, 0.29) is 23.4 Å². The number of hydrogen-bond donors (Lipinski definition) is 0. The summed E-state index contributed by atoms with van der Waals surface area (Å²) in [4.78, 5) is 4.39. The molecule has 1 aliphatic heterocycles. The second-order valence-corrected chi connectivity index (χ2v) is 6.40. The van der Waals surface area contributed by atoms with Gasteiger partial charge in [0.1, 0.15) is 35.2 Å². The smallest absolute Gasteiger partial charge is 0.223 e. The van der Waals surface area contributed by atoms with Crippen molar-refractivity contribution in [2.75, 3.05) is 0 Å². The zero-order valence-electron chi connectivity index (χ0n) is 14.5. The molecule has 136 valence electrons. The minimum Gasteiger partial charge on any atom is -0.472 e. The predicted molar refractivity (Wildman–Crippen MR) is 98.0 cm³/mol. The average molecular weight is 367 g/mol. The maximum Gasteiger partial charge on any atom is 0.223 e. The molecule has 0 aromatic heterocycles. The Hall–Kier alpha value is -3.08. The van der Waals surface area contributed by atoms with Crippen molar-refractivity contribution < 1.29 is 17.9 Å². The summed E-state index contributed by atoms with van der Waals surface area (Å²) in [6.07, 6.45) is -0.377. The summed E-state index contributed by atoms with van der Waals surface area (Å²) >= 11 is 0. The third kappa shape index (κ3) is 3.21. The zero-order chi connectivity index (χ0) is 19.0. The van der Waals surface area contributed by atoms with E-state index in [9.17, 15) is 13.2 Å². The molecule has 0 N–H and O–H groups in total. The van der Waals surface area contributed by atoms with Gasteiger partial charge in [-0.3, -0.25) is 0 Å². The standard InChI is InChI=1S/C22H16F3NO/c1-13-21(26-22(27-13)20-18(24)7-4-8-19(20)25)15-11-9-14(10-12-15)16-5-2-3-6-17(16)23/h2-13,21H,1H3/t13-,21+/m1/s1. The molecule has 0 amide bonds. The summed E-state index contributed by atoms with van der Waals surface area (Å²) in [6, 6.07) is 17.1. The van der Waals surface area contributed by atoms with E-state index in [0.29, 0.717) is 5.56 Å². The zero-order valence-corrected chi connectivity index (χ0v) is 14.5. The van der Waals surface area contributed by atoms with Gasteiger partial charge in [0.25, 0.3) is 0 Å². The van der Waals surface area contributed by atoms with Crippen molar-refractivity contribution in [1.29, 1.82) is 0 Å². The van der Waals surface area contributed by atoms with E-state index in [1.165, 1.54) is 24.3 Å². The van der Waals surface area contributed by atoms with Crippen LogP contribution in [0.15, 0.2) is 71.7 Å². The lowest BCUT2D eigenvalue weighted by atomic mass is 9.99. The summed E-state index contributed by atoms with van der Waals surface area (Å²) < 4.78 is 47.6. The molecule has 1 heterocycles. The van der Waals surface area contributed by atoms with Gasteiger partial charge in [0.15, 0.2) is 0 Å². The molecular formula is C22H16F3NO. The van der Waals surface area contributed by atoms with E-state index in [2.05, 4.69) is 4.99 Å². The summed E-state index contributed by atoms with van der Waals surface area (Å²) in [5.41, 5.74) is 1.83. The van der Waals surface area contributed by atoms with Crippen LogP contribution >= 0.6 is 0 Å². The Bertz CT molecular complexity index is 994. The van der Waals surface area contributed by atoms with E-state index in [1.54, 1.807) is 37.3 Å². The molecular weight excluding hydrogens is 351 g/mol. The van der Waals surface area contributed by atoms with Crippen LogP contribution in [0, 0.1) is 17.5 Å². The van der Waals surface area contributed by atoms with Crippen molar-refractivity contribution >= 4 is 5.90 Å². The fourth-order valence-electron chi connectivity index (χ4n) is 3.23. The molecule has 0 fully saturated rings. The molecule has 0 radical (unpaired) electrons. The lowest BCUT2D eigenvalue weighted by molar-refractivity contribution is 0.213. The van der Waals surface area contributed by atoms with E-state index in [0.717, 1.165) is 11.1 Å². The first-order valence-electron chi connectivity index (χ1n) is 8.58. The second kappa shape index (κ2) is 6.91. The molecule has 3 aromatic carbocycles. The van der Waals surface area contributed by atoms with Crippen LogP contribution in [0.3, 0.4) is 0 Å². The number of aliphatic imine (C=N–C) groups is 1. The molecule has 4 rings (SSSR count). The SMILES string of the molecule is C[C@H]1OC(c2c(F)cccc2F)=N[C@@H]1c1ccc(-c2ccccc2F)cc1. The number of rotatable bonds is 3. The maximum atomic E-state index is 14.0. The molecule has 0 saturated heterocycles. The van der Waals surface area contributed by atoms with Gasteiger partial charge < -0.3 is 4.74 Å². The first-order valence-corrected chi connectivity index (χ1v) is 8.58. The van der Waals surface area contributed by atoms with Gasteiger partial charge in [-0.2, -0.15) is 0 Å². The van der Waals surface area contributed by atoms with E-state index in [1.807, 2.05) is 12.1 Å². The Balaban J connectivity index is 1.66. The van der Waals surface area contributed by atoms with Crippen LogP contribution < -0.4 is 0 Å². The summed E-state index contributed by atoms with van der Waals surface area (Å²) in [6.45, 7) is 1.80. The Morgan fingerprint density at radius 2 is 1.41 bits per heavy atom. The van der Waals surface area contributed by atoms with Crippen LogP contribution in [-0.2, 0) is 4.74 Å². The van der Waals surface area contributed by atoms with Gasteiger partial charge in [0, 0.05) is 5.56 Å². The number of nitrogens with zero attached hydrogens (tertiary/aromatic N) is 1. The molecule has 27 heavy (non-hydrogen) atoms. The van der Waals surface area contributed by atoms with E-state index < -0.39 is 17.7 Å². The molecule has 0 unspecified atom stereocenters. The number of hydrogen-bond acceptors (Lipinski definition) is 2. The summed E-state index contributed by atoms with van der Waals surface area (Å²) in [5, 5.41) is 0. The third-order valence-electron chi connectivity index (χ3n) is 4.61. The number of halogens is 3. The summed E-state index contributed by atoms with van der Waals surface area (Å²) in [7, 11) is 0. The van der Waals surface area contributed by atoms with Gasteiger partial charge >= 0.3 is 0 Å². The van der Waals surface area contributed by atoms with Gasteiger partial charge in [-0.15, -0.1) is 0 Å². The van der Waals surface area contributed by atoms with Crippen molar-refractivity contribution in [2.24, 2.45) is 4.99 Å². The molecule has 1 aliphatic rings. The highest BCUT2D eigenvalue weighted by molar-refractivity contribution is 5.96. The molecule has 5 heteroatoms. The lowest BCUT2D eigenvalue weighted by Crippen LogP contribution is -2.14. The van der Waals surface area contributed by atoms with Crippen LogP contribution in [0.5, 0.6) is 0 Å². The van der Waals surface area contributed by atoms with Crippen molar-refractivity contribution in [3.8, 4) is 11.1 Å². The molecule has 2 nitrogen and oxygen atoms in total. The molecule has 0 aliphatic carbocycles. The monoisotopic (exact) mass is 367 g/mol. The first kappa shape index (κ1) is 17.3. The van der Waals surface area contributed by atoms with Crippen LogP contribution in [0.2, 0.25) is 0 Å². The Morgan fingerprint density at radius 3 is 2.07 bits per heavy atom. The third-order valence-corrected chi connectivity index (χ3v) is 4.61. The molecule has 2 atom stereocenters. The molecule has 0 bridgehead atoms. The van der Waals surface area contributed by atoms with Crippen LogP contribution in [0.4, 0.5) is 13.2 Å².